The quantitative estimate of drug-likeness (QED) is 0.467. The third-order valence-corrected chi connectivity index (χ3v) is 4.78. The lowest BCUT2D eigenvalue weighted by Crippen LogP contribution is -2.05. The van der Waals surface area contributed by atoms with Crippen LogP contribution in [0, 0.1) is 0 Å². The molecule has 1 aliphatic carbocycles. The first-order valence-corrected chi connectivity index (χ1v) is 9.03. The molecular weight excluding hydrogens is 403 g/mol. The molecule has 3 nitrogen and oxygen atoms in total. The zero-order valence-electron chi connectivity index (χ0n) is 14.8. The maximum atomic E-state index is 12.7. The molecule has 0 fully saturated rings. The molecule has 0 N–H and O–H groups in total. The minimum absolute atomic E-state index is 0.0154. The molecule has 0 aliphatic heterocycles. The molecule has 0 bridgehead atoms. The predicted molar refractivity (Wildman–Crippen MR) is 103 cm³/mol. The topological polar surface area (TPSA) is 39.2 Å². The van der Waals surface area contributed by atoms with E-state index in [1.807, 2.05) is 30.3 Å². The zero-order chi connectivity index (χ0) is 20.6. The Morgan fingerprint density at radius 1 is 1.07 bits per heavy atom. The first kappa shape index (κ1) is 19.2. The normalized spacial score (nSPS) is 14.9. The monoisotopic (exact) mass is 415 g/mol. The van der Waals surface area contributed by atoms with Crippen molar-refractivity contribution in [2.24, 2.45) is 0 Å². The van der Waals surface area contributed by atoms with Crippen LogP contribution < -0.4 is 4.74 Å². The van der Waals surface area contributed by atoms with E-state index < -0.39 is 11.7 Å². The number of rotatable bonds is 3. The summed E-state index contributed by atoms with van der Waals surface area (Å²) in [6.45, 7) is 0. The average Bonchev–Trinajstić information content (AvgIpc) is 3.00. The summed E-state index contributed by atoms with van der Waals surface area (Å²) in [7, 11) is 0. The Kier molecular flexibility index (Phi) is 4.88. The van der Waals surface area contributed by atoms with Gasteiger partial charge in [-0.3, -0.25) is 4.79 Å². The first-order valence-electron chi connectivity index (χ1n) is 8.65. The summed E-state index contributed by atoms with van der Waals surface area (Å²) in [4.78, 5) is 16.1. The maximum absolute atomic E-state index is 12.7. The van der Waals surface area contributed by atoms with Gasteiger partial charge in [-0.1, -0.05) is 48.0 Å². The fourth-order valence-corrected chi connectivity index (χ4v) is 3.28. The highest BCUT2D eigenvalue weighted by Gasteiger charge is 2.31. The van der Waals surface area contributed by atoms with Crippen molar-refractivity contribution >= 4 is 23.5 Å². The van der Waals surface area contributed by atoms with Gasteiger partial charge in [-0.2, -0.15) is 13.2 Å². The van der Waals surface area contributed by atoms with Gasteiger partial charge in [-0.25, -0.2) is 4.98 Å². The number of ketones is 1. The van der Waals surface area contributed by atoms with E-state index in [0.29, 0.717) is 23.9 Å². The molecule has 0 amide bonds. The number of Topliss-reactive ketones (excluding diaryl/α,β-unsaturated/α-hetero) is 1. The number of carbonyl (C=O) groups excluding carboxylic acids is 1. The standard InChI is InChI=1S/C22H13ClF3NO2/c23-19-11-16(22(24,25)26)12-27-21(19)29-17-7-5-13(6-8-17)9-15-10-14-3-1-2-4-18(14)20(15)28/h1-9,11-12H,10H2/b15-9+. The number of benzene rings is 2. The van der Waals surface area contributed by atoms with E-state index >= 15 is 0 Å². The molecule has 7 heteroatoms. The van der Waals surface area contributed by atoms with E-state index in [4.69, 9.17) is 16.3 Å². The molecule has 1 heterocycles. The van der Waals surface area contributed by atoms with Crippen LogP contribution in [0.2, 0.25) is 5.02 Å². The second kappa shape index (κ2) is 7.37. The van der Waals surface area contributed by atoms with Crippen molar-refractivity contribution in [1.82, 2.24) is 4.98 Å². The number of pyridine rings is 1. The molecule has 0 unspecified atom stereocenters. The highest BCUT2D eigenvalue weighted by atomic mass is 35.5. The van der Waals surface area contributed by atoms with Gasteiger partial charge in [0.25, 0.3) is 0 Å². The lowest BCUT2D eigenvalue weighted by molar-refractivity contribution is -0.137. The van der Waals surface area contributed by atoms with Crippen LogP contribution in [-0.4, -0.2) is 10.8 Å². The van der Waals surface area contributed by atoms with E-state index in [1.165, 1.54) is 0 Å². The minimum atomic E-state index is -4.53. The molecule has 2 aromatic carbocycles. The number of allylic oxidation sites excluding steroid dienone is 1. The van der Waals surface area contributed by atoms with Crippen LogP contribution >= 0.6 is 11.6 Å². The smallest absolute Gasteiger partial charge is 0.417 e. The summed E-state index contributed by atoms with van der Waals surface area (Å²) >= 11 is 5.86. The third kappa shape index (κ3) is 4.03. The van der Waals surface area contributed by atoms with E-state index in [0.717, 1.165) is 22.8 Å². The third-order valence-electron chi connectivity index (χ3n) is 4.50. The van der Waals surface area contributed by atoms with Crippen LogP contribution in [0.3, 0.4) is 0 Å². The van der Waals surface area contributed by atoms with E-state index in [2.05, 4.69) is 4.98 Å². The predicted octanol–water partition coefficient (Wildman–Crippen LogP) is 6.37. The van der Waals surface area contributed by atoms with Crippen molar-refractivity contribution in [1.29, 1.82) is 0 Å². The lowest BCUT2D eigenvalue weighted by atomic mass is 10.1. The van der Waals surface area contributed by atoms with Gasteiger partial charge in [0.15, 0.2) is 5.78 Å². The number of nitrogens with zero attached hydrogens (tertiary/aromatic N) is 1. The average molecular weight is 416 g/mol. The summed E-state index contributed by atoms with van der Waals surface area (Å²) in [5.41, 5.74) is 2.29. The fraction of sp³-hybridized carbons (Fsp3) is 0.0909. The van der Waals surface area contributed by atoms with Gasteiger partial charge in [-0.15, -0.1) is 0 Å². The van der Waals surface area contributed by atoms with Gasteiger partial charge in [0, 0.05) is 23.8 Å². The molecule has 1 aliphatic rings. The molecule has 0 saturated heterocycles. The highest BCUT2D eigenvalue weighted by molar-refractivity contribution is 6.31. The molecule has 4 rings (SSSR count). The van der Waals surface area contributed by atoms with Crippen LogP contribution in [0.4, 0.5) is 13.2 Å². The zero-order valence-corrected chi connectivity index (χ0v) is 15.6. The molecule has 0 radical (unpaired) electrons. The molecule has 0 atom stereocenters. The molecular formula is C22H13ClF3NO2. The second-order valence-electron chi connectivity index (χ2n) is 6.51. The molecule has 3 aromatic rings. The SMILES string of the molecule is O=C1/C(=C/c2ccc(Oc3ncc(C(F)(F)F)cc3Cl)cc2)Cc2ccccc21. The number of alkyl halides is 3. The van der Waals surface area contributed by atoms with Gasteiger partial charge in [0.05, 0.1) is 5.56 Å². The minimum Gasteiger partial charge on any atom is -0.438 e. The summed E-state index contributed by atoms with van der Waals surface area (Å²) in [5.74, 6) is 0.260. The largest absolute Gasteiger partial charge is 0.438 e. The number of hydrogen-bond donors (Lipinski definition) is 0. The number of aromatic nitrogens is 1. The van der Waals surface area contributed by atoms with Crippen LogP contribution in [0.1, 0.15) is 27.0 Å². The second-order valence-corrected chi connectivity index (χ2v) is 6.92. The van der Waals surface area contributed by atoms with E-state index in [9.17, 15) is 18.0 Å². The number of ether oxygens (including phenoxy) is 1. The number of halogens is 4. The molecule has 146 valence electrons. The molecule has 0 saturated carbocycles. The Bertz CT molecular complexity index is 1120. The van der Waals surface area contributed by atoms with Gasteiger partial charge < -0.3 is 4.74 Å². The van der Waals surface area contributed by atoms with Gasteiger partial charge >= 0.3 is 6.18 Å². The Labute approximate surface area is 169 Å². The summed E-state index contributed by atoms with van der Waals surface area (Å²) in [6, 6.07) is 15.0. The summed E-state index contributed by atoms with van der Waals surface area (Å²) in [5, 5.41) is -0.236. The highest BCUT2D eigenvalue weighted by Crippen LogP contribution is 2.35. The lowest BCUT2D eigenvalue weighted by Gasteiger charge is -2.10. The van der Waals surface area contributed by atoms with Gasteiger partial charge in [0.2, 0.25) is 5.88 Å². The molecule has 29 heavy (non-hydrogen) atoms. The van der Waals surface area contributed by atoms with Crippen molar-refractivity contribution in [2.75, 3.05) is 0 Å². The Balaban J connectivity index is 1.50. The summed E-state index contributed by atoms with van der Waals surface area (Å²) in [6.07, 6.45) is -1.46. The van der Waals surface area contributed by atoms with Crippen molar-refractivity contribution in [3.8, 4) is 11.6 Å². The number of carbonyl (C=O) groups is 1. The van der Waals surface area contributed by atoms with Crippen molar-refractivity contribution in [3.05, 3.63) is 93.6 Å². The first-order chi connectivity index (χ1) is 13.8. The van der Waals surface area contributed by atoms with Crippen LogP contribution in [0.5, 0.6) is 11.6 Å². The maximum Gasteiger partial charge on any atom is 0.417 e. The fourth-order valence-electron chi connectivity index (χ4n) is 3.07. The number of hydrogen-bond acceptors (Lipinski definition) is 3. The van der Waals surface area contributed by atoms with Crippen molar-refractivity contribution in [3.63, 3.8) is 0 Å². The van der Waals surface area contributed by atoms with Crippen LogP contribution in [0.15, 0.2) is 66.4 Å². The Hall–Kier alpha value is -3.12. The molecule has 1 aromatic heterocycles. The number of fused-ring (bicyclic) bond motifs is 1. The molecule has 0 spiro atoms. The summed E-state index contributed by atoms with van der Waals surface area (Å²) < 4.78 is 43.5. The Morgan fingerprint density at radius 3 is 2.45 bits per heavy atom. The van der Waals surface area contributed by atoms with E-state index in [-0.39, 0.29) is 16.7 Å². The van der Waals surface area contributed by atoms with E-state index in [1.54, 1.807) is 24.3 Å². The van der Waals surface area contributed by atoms with Gasteiger partial charge in [0.1, 0.15) is 10.8 Å². The van der Waals surface area contributed by atoms with Crippen LogP contribution in [-0.2, 0) is 12.6 Å². The van der Waals surface area contributed by atoms with Crippen molar-refractivity contribution in [2.45, 2.75) is 12.6 Å². The van der Waals surface area contributed by atoms with Gasteiger partial charge in [-0.05, 0) is 35.4 Å². The van der Waals surface area contributed by atoms with Crippen LogP contribution in [0.25, 0.3) is 6.08 Å². The van der Waals surface area contributed by atoms with Crippen molar-refractivity contribution < 1.29 is 22.7 Å². The Morgan fingerprint density at radius 2 is 1.79 bits per heavy atom.